The van der Waals surface area contributed by atoms with E-state index in [2.05, 4.69) is 10.6 Å². The molecule has 2 N–H and O–H groups in total. The summed E-state index contributed by atoms with van der Waals surface area (Å²) in [4.78, 5) is 0. The molecule has 0 amide bonds. The van der Waals surface area contributed by atoms with E-state index < -0.39 is 0 Å². The fourth-order valence-electron chi connectivity index (χ4n) is 3.62. The van der Waals surface area contributed by atoms with Crippen molar-refractivity contribution in [1.29, 1.82) is 0 Å². The lowest BCUT2D eigenvalue weighted by molar-refractivity contribution is 0.0524. The van der Waals surface area contributed by atoms with Gasteiger partial charge in [0.25, 0.3) is 0 Å². The standard InChI is InChI=1S/C17H25FN2O2.ClH/c1-21-13-6-5-12(15(18)9-13)10-20-16-4-2-3-14(16)17-11-22-8-7-19-17;/h5-6,9,14,16-17,19-20H,2-4,7-8,10-11H2,1H3;1H. The minimum Gasteiger partial charge on any atom is -0.497 e. The second-order valence-electron chi connectivity index (χ2n) is 6.18. The third kappa shape index (κ3) is 4.57. The molecule has 130 valence electrons. The Kier molecular flexibility index (Phi) is 7.09. The second-order valence-corrected chi connectivity index (χ2v) is 6.18. The van der Waals surface area contributed by atoms with Crippen LogP contribution >= 0.6 is 12.4 Å². The van der Waals surface area contributed by atoms with Crippen molar-refractivity contribution < 1.29 is 13.9 Å². The lowest BCUT2D eigenvalue weighted by Crippen LogP contribution is -2.50. The number of hydrogen-bond donors (Lipinski definition) is 2. The van der Waals surface area contributed by atoms with Crippen LogP contribution in [-0.4, -0.2) is 39.0 Å². The third-order valence-corrected chi connectivity index (χ3v) is 4.85. The largest absolute Gasteiger partial charge is 0.497 e. The molecule has 6 heteroatoms. The van der Waals surface area contributed by atoms with Crippen LogP contribution in [0.15, 0.2) is 18.2 Å². The van der Waals surface area contributed by atoms with Gasteiger partial charge in [0.15, 0.2) is 0 Å². The highest BCUT2D eigenvalue weighted by Crippen LogP contribution is 2.30. The summed E-state index contributed by atoms with van der Waals surface area (Å²) in [7, 11) is 1.55. The first-order valence-electron chi connectivity index (χ1n) is 8.15. The predicted molar refractivity (Wildman–Crippen MR) is 90.8 cm³/mol. The molecule has 1 saturated heterocycles. The van der Waals surface area contributed by atoms with E-state index in [4.69, 9.17) is 9.47 Å². The molecule has 1 heterocycles. The van der Waals surface area contributed by atoms with Crippen LogP contribution in [0.4, 0.5) is 4.39 Å². The maximum Gasteiger partial charge on any atom is 0.131 e. The minimum absolute atomic E-state index is 0. The molecular weight excluding hydrogens is 319 g/mol. The van der Waals surface area contributed by atoms with Gasteiger partial charge in [-0.1, -0.05) is 12.5 Å². The van der Waals surface area contributed by atoms with E-state index in [1.807, 2.05) is 6.07 Å². The van der Waals surface area contributed by atoms with Gasteiger partial charge in [-0.25, -0.2) is 4.39 Å². The summed E-state index contributed by atoms with van der Waals surface area (Å²) < 4.78 is 24.6. The quantitative estimate of drug-likeness (QED) is 0.861. The Hall–Kier alpha value is -0.880. The maximum atomic E-state index is 14.0. The topological polar surface area (TPSA) is 42.5 Å². The Bertz CT molecular complexity index is 497. The van der Waals surface area contributed by atoms with Crippen LogP contribution in [-0.2, 0) is 11.3 Å². The first-order chi connectivity index (χ1) is 10.8. The van der Waals surface area contributed by atoms with Crippen molar-refractivity contribution in [2.75, 3.05) is 26.9 Å². The summed E-state index contributed by atoms with van der Waals surface area (Å²) in [5, 5.41) is 7.11. The first kappa shape index (κ1) is 18.5. The van der Waals surface area contributed by atoms with Crippen molar-refractivity contribution in [3.63, 3.8) is 0 Å². The van der Waals surface area contributed by atoms with Crippen molar-refractivity contribution >= 4 is 12.4 Å². The molecule has 4 nitrogen and oxygen atoms in total. The molecule has 0 aromatic heterocycles. The summed E-state index contributed by atoms with van der Waals surface area (Å²) in [5.41, 5.74) is 0.694. The van der Waals surface area contributed by atoms with Crippen LogP contribution in [0.2, 0.25) is 0 Å². The van der Waals surface area contributed by atoms with E-state index in [9.17, 15) is 4.39 Å². The third-order valence-electron chi connectivity index (χ3n) is 4.85. The van der Waals surface area contributed by atoms with Crippen molar-refractivity contribution in [2.45, 2.75) is 37.9 Å². The number of benzene rings is 1. The number of rotatable bonds is 5. The fourth-order valence-corrected chi connectivity index (χ4v) is 3.62. The molecule has 23 heavy (non-hydrogen) atoms. The highest BCUT2D eigenvalue weighted by atomic mass is 35.5. The number of nitrogens with one attached hydrogen (secondary N) is 2. The molecule has 0 spiro atoms. The van der Waals surface area contributed by atoms with Crippen LogP contribution in [0, 0.1) is 11.7 Å². The van der Waals surface area contributed by atoms with E-state index in [1.165, 1.54) is 18.9 Å². The van der Waals surface area contributed by atoms with Crippen LogP contribution in [0.5, 0.6) is 5.75 Å². The van der Waals surface area contributed by atoms with Gasteiger partial charge in [-0.3, -0.25) is 0 Å². The van der Waals surface area contributed by atoms with Crippen LogP contribution in [0.3, 0.4) is 0 Å². The van der Waals surface area contributed by atoms with Gasteiger partial charge < -0.3 is 20.1 Å². The zero-order valence-electron chi connectivity index (χ0n) is 13.5. The molecule has 3 rings (SSSR count). The van der Waals surface area contributed by atoms with E-state index in [0.717, 1.165) is 26.2 Å². The molecule has 3 unspecified atom stereocenters. The molecule has 1 aromatic rings. The lowest BCUT2D eigenvalue weighted by Gasteiger charge is -2.33. The van der Waals surface area contributed by atoms with Gasteiger partial charge in [0, 0.05) is 36.8 Å². The molecule has 1 saturated carbocycles. The van der Waals surface area contributed by atoms with E-state index in [-0.39, 0.29) is 18.2 Å². The van der Waals surface area contributed by atoms with Crippen molar-refractivity contribution in [1.82, 2.24) is 10.6 Å². The smallest absolute Gasteiger partial charge is 0.131 e. The molecule has 1 aliphatic heterocycles. The molecule has 3 atom stereocenters. The van der Waals surface area contributed by atoms with Gasteiger partial charge in [-0.05, 0) is 24.8 Å². The number of halogens is 2. The molecule has 1 aromatic carbocycles. The Labute approximate surface area is 143 Å². The van der Waals surface area contributed by atoms with Gasteiger partial charge in [-0.2, -0.15) is 0 Å². The summed E-state index contributed by atoms with van der Waals surface area (Å²) in [6, 6.07) is 5.91. The zero-order chi connectivity index (χ0) is 15.4. The normalized spacial score (nSPS) is 27.5. The molecule has 2 fully saturated rings. The fraction of sp³-hybridized carbons (Fsp3) is 0.647. The highest BCUT2D eigenvalue weighted by Gasteiger charge is 2.34. The Morgan fingerprint density at radius 1 is 1.39 bits per heavy atom. The molecule has 2 aliphatic rings. The summed E-state index contributed by atoms with van der Waals surface area (Å²) in [5.74, 6) is 0.922. The summed E-state index contributed by atoms with van der Waals surface area (Å²) in [6.45, 7) is 3.09. The van der Waals surface area contributed by atoms with E-state index in [1.54, 1.807) is 13.2 Å². The van der Waals surface area contributed by atoms with Crippen LogP contribution in [0.1, 0.15) is 24.8 Å². The van der Waals surface area contributed by atoms with Crippen molar-refractivity contribution in [3.05, 3.63) is 29.6 Å². The Morgan fingerprint density at radius 3 is 2.96 bits per heavy atom. The SMILES string of the molecule is COc1ccc(CNC2CCCC2C2COCCN2)c(F)c1.Cl. The average molecular weight is 345 g/mol. The van der Waals surface area contributed by atoms with Crippen molar-refractivity contribution in [3.8, 4) is 5.75 Å². The van der Waals surface area contributed by atoms with Gasteiger partial charge >= 0.3 is 0 Å². The number of methoxy groups -OCH3 is 1. The number of morpholine rings is 1. The maximum absolute atomic E-state index is 14.0. The summed E-state index contributed by atoms with van der Waals surface area (Å²) in [6.07, 6.45) is 3.59. The minimum atomic E-state index is -0.208. The molecule has 0 bridgehead atoms. The predicted octanol–water partition coefficient (Wildman–Crippen LogP) is 2.50. The average Bonchev–Trinajstić information content (AvgIpc) is 3.03. The lowest BCUT2D eigenvalue weighted by atomic mass is 9.94. The second kappa shape index (κ2) is 8.83. The van der Waals surface area contributed by atoms with Gasteiger partial charge in [-0.15, -0.1) is 12.4 Å². The first-order valence-corrected chi connectivity index (χ1v) is 8.15. The zero-order valence-corrected chi connectivity index (χ0v) is 14.3. The van der Waals surface area contributed by atoms with Gasteiger partial charge in [0.2, 0.25) is 0 Å². The van der Waals surface area contributed by atoms with Crippen LogP contribution < -0.4 is 15.4 Å². The van der Waals surface area contributed by atoms with Gasteiger partial charge in [0.1, 0.15) is 11.6 Å². The van der Waals surface area contributed by atoms with Gasteiger partial charge in [0.05, 0.1) is 20.3 Å². The number of hydrogen-bond acceptors (Lipinski definition) is 4. The molecule has 1 aliphatic carbocycles. The van der Waals surface area contributed by atoms with Crippen LogP contribution in [0.25, 0.3) is 0 Å². The van der Waals surface area contributed by atoms with E-state index in [0.29, 0.717) is 35.9 Å². The monoisotopic (exact) mass is 344 g/mol. The van der Waals surface area contributed by atoms with E-state index >= 15 is 0 Å². The molecule has 0 radical (unpaired) electrons. The Morgan fingerprint density at radius 2 is 2.26 bits per heavy atom. The Balaban J connectivity index is 0.00000192. The number of ether oxygens (including phenoxy) is 2. The molecular formula is C17H26ClFN2O2. The summed E-state index contributed by atoms with van der Waals surface area (Å²) >= 11 is 0. The highest BCUT2D eigenvalue weighted by molar-refractivity contribution is 5.85. The van der Waals surface area contributed by atoms with Crippen molar-refractivity contribution in [2.24, 2.45) is 5.92 Å².